The molecule has 0 amide bonds. The number of benzene rings is 2. The van der Waals surface area contributed by atoms with Gasteiger partial charge in [-0.05, 0) is 80.7 Å². The first kappa shape index (κ1) is 22.7. The highest BCUT2D eigenvalue weighted by Crippen LogP contribution is 2.20. The van der Waals surface area contributed by atoms with Crippen LogP contribution in [-0.2, 0) is 11.2 Å². The summed E-state index contributed by atoms with van der Waals surface area (Å²) in [5.74, 6) is 0.651. The second kappa shape index (κ2) is 12.1. The number of esters is 1. The van der Waals surface area contributed by atoms with Crippen LogP contribution in [0.2, 0.25) is 0 Å². The molecule has 2 rings (SSSR count). The topological polar surface area (TPSA) is 59.6 Å². The Balaban J connectivity index is 1.80. The smallest absolute Gasteiger partial charge is 0.338 e. The quantitative estimate of drug-likeness (QED) is 0.328. The van der Waals surface area contributed by atoms with Gasteiger partial charge in [0.25, 0.3) is 0 Å². The van der Waals surface area contributed by atoms with E-state index in [0.717, 1.165) is 49.4 Å². The first-order valence-electron chi connectivity index (χ1n) is 10.1. The SMILES string of the molecule is CCCOc1ccccc1CCCNC(=S)Nc1ccc(C(=O)OCC)cc1C. The fourth-order valence-corrected chi connectivity index (χ4v) is 3.07. The van der Waals surface area contributed by atoms with E-state index in [9.17, 15) is 4.79 Å². The van der Waals surface area contributed by atoms with Crippen LogP contribution in [0.1, 0.15) is 48.2 Å². The Morgan fingerprint density at radius 3 is 2.66 bits per heavy atom. The molecule has 0 unspecified atom stereocenters. The maximum absolute atomic E-state index is 11.8. The third-order valence-electron chi connectivity index (χ3n) is 4.33. The highest BCUT2D eigenvalue weighted by Gasteiger charge is 2.09. The summed E-state index contributed by atoms with van der Waals surface area (Å²) < 4.78 is 10.8. The average molecular weight is 415 g/mol. The standard InChI is InChI=1S/C23H30N2O3S/c1-4-15-28-21-11-7-6-9-18(21)10-8-14-24-23(29)25-20-13-12-19(16-17(20)3)22(26)27-5-2/h6-7,9,11-13,16H,4-5,8,10,14-15H2,1-3H3,(H2,24,25,29). The first-order valence-corrected chi connectivity index (χ1v) is 10.5. The van der Waals surface area contributed by atoms with Gasteiger partial charge >= 0.3 is 5.97 Å². The number of thiocarbonyl (C=S) groups is 1. The van der Waals surface area contributed by atoms with Crippen molar-refractivity contribution in [3.8, 4) is 5.75 Å². The number of rotatable bonds is 10. The Morgan fingerprint density at radius 2 is 1.93 bits per heavy atom. The van der Waals surface area contributed by atoms with E-state index in [4.69, 9.17) is 21.7 Å². The molecule has 156 valence electrons. The summed E-state index contributed by atoms with van der Waals surface area (Å²) in [7, 11) is 0. The van der Waals surface area contributed by atoms with E-state index in [0.29, 0.717) is 17.3 Å². The van der Waals surface area contributed by atoms with Crippen molar-refractivity contribution >= 4 is 29.0 Å². The Hall–Kier alpha value is -2.60. The summed E-state index contributed by atoms with van der Waals surface area (Å²) in [4.78, 5) is 11.8. The molecule has 0 radical (unpaired) electrons. The Bertz CT molecular complexity index is 824. The molecule has 2 aromatic rings. The largest absolute Gasteiger partial charge is 0.493 e. The summed E-state index contributed by atoms with van der Waals surface area (Å²) in [5, 5.41) is 6.99. The predicted octanol–water partition coefficient (Wildman–Crippen LogP) is 4.88. The lowest BCUT2D eigenvalue weighted by Gasteiger charge is -2.14. The van der Waals surface area contributed by atoms with Gasteiger partial charge in [-0.3, -0.25) is 0 Å². The van der Waals surface area contributed by atoms with Gasteiger partial charge in [0.05, 0.1) is 18.8 Å². The number of nitrogens with one attached hydrogen (secondary N) is 2. The van der Waals surface area contributed by atoms with Gasteiger partial charge in [0.2, 0.25) is 0 Å². The van der Waals surface area contributed by atoms with Crippen LogP contribution in [0, 0.1) is 6.92 Å². The van der Waals surface area contributed by atoms with Gasteiger partial charge in [-0.15, -0.1) is 0 Å². The van der Waals surface area contributed by atoms with Crippen LogP contribution in [0.15, 0.2) is 42.5 Å². The van der Waals surface area contributed by atoms with E-state index >= 15 is 0 Å². The number of anilines is 1. The average Bonchev–Trinajstić information content (AvgIpc) is 2.72. The molecule has 2 aromatic carbocycles. The molecule has 0 fully saturated rings. The van der Waals surface area contributed by atoms with Gasteiger partial charge < -0.3 is 20.1 Å². The summed E-state index contributed by atoms with van der Waals surface area (Å²) in [6.45, 7) is 7.68. The number of hydrogen-bond donors (Lipinski definition) is 2. The number of para-hydroxylation sites is 1. The maximum atomic E-state index is 11.8. The van der Waals surface area contributed by atoms with E-state index < -0.39 is 0 Å². The zero-order chi connectivity index (χ0) is 21.1. The van der Waals surface area contributed by atoms with Crippen molar-refractivity contribution in [3.05, 3.63) is 59.2 Å². The lowest BCUT2D eigenvalue weighted by molar-refractivity contribution is 0.0526. The summed E-state index contributed by atoms with van der Waals surface area (Å²) in [5.41, 5.74) is 3.56. The van der Waals surface area contributed by atoms with Gasteiger partial charge in [-0.1, -0.05) is 25.1 Å². The minimum Gasteiger partial charge on any atom is -0.493 e. The Kier molecular flexibility index (Phi) is 9.44. The van der Waals surface area contributed by atoms with Crippen LogP contribution in [0.4, 0.5) is 5.69 Å². The number of carbonyl (C=O) groups is 1. The number of hydrogen-bond acceptors (Lipinski definition) is 4. The van der Waals surface area contributed by atoms with Crippen LogP contribution in [0.5, 0.6) is 5.75 Å². The molecular weight excluding hydrogens is 384 g/mol. The molecule has 5 nitrogen and oxygen atoms in total. The molecule has 0 aliphatic rings. The molecule has 0 aliphatic heterocycles. The van der Waals surface area contributed by atoms with Crippen molar-refractivity contribution in [3.63, 3.8) is 0 Å². The lowest BCUT2D eigenvalue weighted by Crippen LogP contribution is -2.29. The van der Waals surface area contributed by atoms with Gasteiger partial charge in [0.15, 0.2) is 5.11 Å². The highest BCUT2D eigenvalue weighted by atomic mass is 32.1. The molecule has 0 atom stereocenters. The van der Waals surface area contributed by atoms with Crippen molar-refractivity contribution in [2.24, 2.45) is 0 Å². The molecule has 0 spiro atoms. The van der Waals surface area contributed by atoms with E-state index in [1.807, 2.05) is 31.2 Å². The zero-order valence-electron chi connectivity index (χ0n) is 17.4. The number of aryl methyl sites for hydroxylation is 2. The van der Waals surface area contributed by atoms with E-state index in [2.05, 4.69) is 23.6 Å². The van der Waals surface area contributed by atoms with E-state index in [1.54, 1.807) is 19.1 Å². The Labute approximate surface area is 178 Å². The number of carbonyl (C=O) groups excluding carboxylic acids is 1. The first-order chi connectivity index (χ1) is 14.0. The second-order valence-corrected chi connectivity index (χ2v) is 7.10. The van der Waals surface area contributed by atoms with Crippen molar-refractivity contribution in [1.29, 1.82) is 0 Å². The van der Waals surface area contributed by atoms with Crippen molar-refractivity contribution in [1.82, 2.24) is 5.32 Å². The third kappa shape index (κ3) is 7.38. The molecule has 0 aromatic heterocycles. The summed E-state index contributed by atoms with van der Waals surface area (Å²) in [6.07, 6.45) is 2.86. The highest BCUT2D eigenvalue weighted by molar-refractivity contribution is 7.80. The predicted molar refractivity (Wildman–Crippen MR) is 122 cm³/mol. The van der Waals surface area contributed by atoms with Crippen molar-refractivity contribution in [2.75, 3.05) is 25.1 Å². The van der Waals surface area contributed by atoms with E-state index in [1.165, 1.54) is 5.56 Å². The normalized spacial score (nSPS) is 10.3. The van der Waals surface area contributed by atoms with Crippen LogP contribution in [0.25, 0.3) is 0 Å². The minimum absolute atomic E-state index is 0.314. The minimum atomic E-state index is -0.314. The molecule has 2 N–H and O–H groups in total. The Morgan fingerprint density at radius 1 is 1.14 bits per heavy atom. The second-order valence-electron chi connectivity index (χ2n) is 6.69. The lowest BCUT2D eigenvalue weighted by atomic mass is 10.1. The maximum Gasteiger partial charge on any atom is 0.338 e. The van der Waals surface area contributed by atoms with Gasteiger partial charge in [-0.25, -0.2) is 4.79 Å². The van der Waals surface area contributed by atoms with Crippen LogP contribution in [-0.4, -0.2) is 30.8 Å². The number of ether oxygens (including phenoxy) is 2. The molecule has 0 saturated carbocycles. The fourth-order valence-electron chi connectivity index (χ4n) is 2.86. The van der Waals surface area contributed by atoms with Crippen LogP contribution >= 0.6 is 12.2 Å². The molecule has 6 heteroatoms. The molecule has 29 heavy (non-hydrogen) atoms. The summed E-state index contributed by atoms with van der Waals surface area (Å²) in [6, 6.07) is 13.6. The molecule has 0 heterocycles. The fraction of sp³-hybridized carbons (Fsp3) is 0.391. The van der Waals surface area contributed by atoms with Gasteiger partial charge in [-0.2, -0.15) is 0 Å². The molecule has 0 saturated heterocycles. The van der Waals surface area contributed by atoms with Crippen molar-refractivity contribution in [2.45, 2.75) is 40.0 Å². The zero-order valence-corrected chi connectivity index (χ0v) is 18.2. The van der Waals surface area contributed by atoms with Gasteiger partial charge in [0.1, 0.15) is 5.75 Å². The van der Waals surface area contributed by atoms with Crippen LogP contribution < -0.4 is 15.4 Å². The molecule has 0 aliphatic carbocycles. The van der Waals surface area contributed by atoms with E-state index in [-0.39, 0.29) is 5.97 Å². The monoisotopic (exact) mass is 414 g/mol. The molecule has 0 bridgehead atoms. The van der Waals surface area contributed by atoms with Gasteiger partial charge in [0, 0.05) is 12.2 Å². The third-order valence-corrected chi connectivity index (χ3v) is 4.57. The molecular formula is C23H30N2O3S. The van der Waals surface area contributed by atoms with Crippen LogP contribution in [0.3, 0.4) is 0 Å². The summed E-state index contributed by atoms with van der Waals surface area (Å²) >= 11 is 5.40. The van der Waals surface area contributed by atoms with Crippen molar-refractivity contribution < 1.29 is 14.3 Å².